The van der Waals surface area contributed by atoms with Crippen molar-refractivity contribution < 1.29 is 4.84 Å². The van der Waals surface area contributed by atoms with Gasteiger partial charge < -0.3 is 0 Å². The summed E-state index contributed by atoms with van der Waals surface area (Å²) in [4.78, 5) is 7.17. The Morgan fingerprint density at radius 2 is 1.43 bits per heavy atom. The predicted octanol–water partition coefficient (Wildman–Crippen LogP) is 2.58. The first kappa shape index (κ1) is 19.9. The zero-order valence-electron chi connectivity index (χ0n) is 9.69. The molecule has 0 rings (SSSR count). The molecule has 0 bridgehead atoms. The van der Waals surface area contributed by atoms with E-state index in [1.54, 1.807) is 0 Å². The molecule has 0 saturated carbocycles. The van der Waals surface area contributed by atoms with Gasteiger partial charge in [0.2, 0.25) is 0 Å². The lowest BCUT2D eigenvalue weighted by molar-refractivity contribution is -0.0917. The molecule has 0 amide bonds. The van der Waals surface area contributed by atoms with E-state index in [-0.39, 0.29) is 31.0 Å². The SMILES string of the molecule is CCC(ON)N(C(C)C)C(C)C.Cl.Cl. The third-order valence-corrected chi connectivity index (χ3v) is 2.03. The molecule has 0 aromatic rings. The minimum atomic E-state index is 0. The summed E-state index contributed by atoms with van der Waals surface area (Å²) in [6.45, 7) is 10.7. The average Bonchev–Trinajstić information content (AvgIpc) is 1.98. The molecule has 0 radical (unpaired) electrons. The third-order valence-electron chi connectivity index (χ3n) is 2.03. The molecule has 0 aliphatic heterocycles. The van der Waals surface area contributed by atoms with Gasteiger partial charge in [-0.2, -0.15) is 0 Å². The zero-order chi connectivity index (χ0) is 9.72. The van der Waals surface area contributed by atoms with Crippen molar-refractivity contribution in [1.82, 2.24) is 4.90 Å². The van der Waals surface area contributed by atoms with Crippen LogP contribution in [-0.2, 0) is 4.84 Å². The topological polar surface area (TPSA) is 38.5 Å². The van der Waals surface area contributed by atoms with Crippen LogP contribution in [-0.4, -0.2) is 23.2 Å². The summed E-state index contributed by atoms with van der Waals surface area (Å²) in [5.41, 5.74) is 0. The summed E-state index contributed by atoms with van der Waals surface area (Å²) in [6, 6.07) is 0.942. The smallest absolute Gasteiger partial charge is 0.131 e. The lowest BCUT2D eigenvalue weighted by Crippen LogP contribution is -2.47. The lowest BCUT2D eigenvalue weighted by Gasteiger charge is -2.35. The Morgan fingerprint density at radius 1 is 1.07 bits per heavy atom. The van der Waals surface area contributed by atoms with Crippen molar-refractivity contribution in [3.8, 4) is 0 Å². The highest BCUT2D eigenvalue weighted by Crippen LogP contribution is 2.12. The van der Waals surface area contributed by atoms with Gasteiger partial charge in [-0.15, -0.1) is 24.8 Å². The molecular weight excluding hydrogens is 223 g/mol. The van der Waals surface area contributed by atoms with E-state index in [9.17, 15) is 0 Å². The minimum Gasteiger partial charge on any atom is -0.286 e. The van der Waals surface area contributed by atoms with Gasteiger partial charge >= 0.3 is 0 Å². The van der Waals surface area contributed by atoms with Gasteiger partial charge in [0.05, 0.1) is 0 Å². The first-order chi connectivity index (χ1) is 5.54. The number of hydrogen-bond donors (Lipinski definition) is 1. The number of hydrogen-bond acceptors (Lipinski definition) is 3. The highest BCUT2D eigenvalue weighted by atomic mass is 35.5. The summed E-state index contributed by atoms with van der Waals surface area (Å²) < 4.78 is 0. The minimum absolute atomic E-state index is 0. The molecule has 0 heterocycles. The Balaban J connectivity index is -0.000000605. The molecule has 0 fully saturated rings. The first-order valence-corrected chi connectivity index (χ1v) is 4.67. The van der Waals surface area contributed by atoms with E-state index in [1.165, 1.54) is 0 Å². The molecule has 1 unspecified atom stereocenters. The average molecular weight is 247 g/mol. The van der Waals surface area contributed by atoms with Crippen molar-refractivity contribution in [3.05, 3.63) is 0 Å². The van der Waals surface area contributed by atoms with Crippen LogP contribution >= 0.6 is 24.8 Å². The molecule has 3 nitrogen and oxygen atoms in total. The van der Waals surface area contributed by atoms with E-state index in [0.29, 0.717) is 12.1 Å². The van der Waals surface area contributed by atoms with Crippen LogP contribution in [0.25, 0.3) is 0 Å². The van der Waals surface area contributed by atoms with Crippen LogP contribution in [0.15, 0.2) is 0 Å². The van der Waals surface area contributed by atoms with Crippen LogP contribution in [0, 0.1) is 0 Å². The fraction of sp³-hybridized carbons (Fsp3) is 1.00. The van der Waals surface area contributed by atoms with Gasteiger partial charge in [-0.1, -0.05) is 6.92 Å². The Labute approximate surface area is 100 Å². The molecular formula is C9H24Cl2N2O. The third kappa shape index (κ3) is 6.04. The Kier molecular flexibility index (Phi) is 14.2. The molecule has 0 saturated heterocycles. The maximum absolute atomic E-state index is 5.22. The Hall–Kier alpha value is 0.460. The summed E-state index contributed by atoms with van der Waals surface area (Å²) in [5.74, 6) is 5.22. The summed E-state index contributed by atoms with van der Waals surface area (Å²) in [6.07, 6.45) is 0.970. The van der Waals surface area contributed by atoms with E-state index in [1.807, 2.05) is 0 Å². The second-order valence-electron chi connectivity index (χ2n) is 3.63. The van der Waals surface area contributed by atoms with Gasteiger partial charge in [0.25, 0.3) is 0 Å². The molecule has 0 aromatic carbocycles. The highest BCUT2D eigenvalue weighted by molar-refractivity contribution is 5.85. The normalized spacial score (nSPS) is 12.6. The van der Waals surface area contributed by atoms with E-state index in [4.69, 9.17) is 10.7 Å². The van der Waals surface area contributed by atoms with Gasteiger partial charge in [0.1, 0.15) is 6.23 Å². The van der Waals surface area contributed by atoms with Gasteiger partial charge in [-0.25, -0.2) is 5.90 Å². The van der Waals surface area contributed by atoms with Crippen molar-refractivity contribution in [2.45, 2.75) is 59.4 Å². The Morgan fingerprint density at radius 3 is 1.50 bits per heavy atom. The van der Waals surface area contributed by atoms with Crippen LogP contribution in [0.1, 0.15) is 41.0 Å². The van der Waals surface area contributed by atoms with Crippen molar-refractivity contribution in [2.75, 3.05) is 0 Å². The fourth-order valence-corrected chi connectivity index (χ4v) is 1.64. The number of rotatable bonds is 5. The standard InChI is InChI=1S/C9H22N2O.2ClH/c1-6-9(12-10)11(7(2)3)8(4)5;;/h7-9H,6,10H2,1-5H3;2*1H. The molecule has 0 aromatic heterocycles. The summed E-state index contributed by atoms with van der Waals surface area (Å²) >= 11 is 0. The van der Waals surface area contributed by atoms with Crippen LogP contribution < -0.4 is 5.90 Å². The monoisotopic (exact) mass is 246 g/mol. The Bertz CT molecular complexity index is 111. The van der Waals surface area contributed by atoms with Gasteiger partial charge in [0.15, 0.2) is 0 Å². The van der Waals surface area contributed by atoms with E-state index >= 15 is 0 Å². The largest absolute Gasteiger partial charge is 0.286 e. The van der Waals surface area contributed by atoms with Gasteiger partial charge in [-0.3, -0.25) is 9.74 Å². The van der Waals surface area contributed by atoms with Crippen molar-refractivity contribution in [2.24, 2.45) is 5.90 Å². The molecule has 0 aliphatic rings. The van der Waals surface area contributed by atoms with Crippen LogP contribution in [0.5, 0.6) is 0 Å². The van der Waals surface area contributed by atoms with Crippen molar-refractivity contribution >= 4 is 24.8 Å². The highest BCUT2D eigenvalue weighted by Gasteiger charge is 2.22. The van der Waals surface area contributed by atoms with E-state index in [2.05, 4.69) is 39.5 Å². The molecule has 0 spiro atoms. The maximum Gasteiger partial charge on any atom is 0.131 e. The predicted molar refractivity (Wildman–Crippen MR) is 66.0 cm³/mol. The van der Waals surface area contributed by atoms with Crippen LogP contribution in [0.2, 0.25) is 0 Å². The first-order valence-electron chi connectivity index (χ1n) is 4.67. The molecule has 2 N–H and O–H groups in total. The molecule has 14 heavy (non-hydrogen) atoms. The molecule has 1 atom stereocenters. The van der Waals surface area contributed by atoms with Crippen LogP contribution in [0.4, 0.5) is 0 Å². The van der Waals surface area contributed by atoms with E-state index < -0.39 is 0 Å². The van der Waals surface area contributed by atoms with Gasteiger partial charge in [0, 0.05) is 12.1 Å². The molecule has 5 heteroatoms. The van der Waals surface area contributed by atoms with Crippen LogP contribution in [0.3, 0.4) is 0 Å². The quantitative estimate of drug-likeness (QED) is 0.599. The number of halogens is 2. The zero-order valence-corrected chi connectivity index (χ0v) is 11.3. The summed E-state index contributed by atoms with van der Waals surface area (Å²) in [5, 5.41) is 0. The van der Waals surface area contributed by atoms with Gasteiger partial charge in [-0.05, 0) is 34.1 Å². The second-order valence-corrected chi connectivity index (χ2v) is 3.63. The summed E-state index contributed by atoms with van der Waals surface area (Å²) in [7, 11) is 0. The molecule has 90 valence electrons. The number of nitrogens with two attached hydrogens (primary N) is 1. The van der Waals surface area contributed by atoms with E-state index in [0.717, 1.165) is 6.42 Å². The fourth-order valence-electron chi connectivity index (χ4n) is 1.64. The number of nitrogens with zero attached hydrogens (tertiary/aromatic N) is 1. The second kappa shape index (κ2) is 9.99. The van der Waals surface area contributed by atoms with Crippen molar-refractivity contribution in [3.63, 3.8) is 0 Å². The van der Waals surface area contributed by atoms with Crippen molar-refractivity contribution in [1.29, 1.82) is 0 Å². The molecule has 0 aliphatic carbocycles. The lowest BCUT2D eigenvalue weighted by atomic mass is 10.2. The maximum atomic E-state index is 5.22.